The molecule has 8 heteroatoms. The summed E-state index contributed by atoms with van der Waals surface area (Å²) in [5.74, 6) is -1.62. The first-order valence-corrected chi connectivity index (χ1v) is 8.17. The molecule has 6 nitrogen and oxygen atoms in total. The number of carbonyl (C=O) groups excluding carboxylic acids is 2. The van der Waals surface area contributed by atoms with Crippen LogP contribution in [0.2, 0.25) is 0 Å². The van der Waals surface area contributed by atoms with Gasteiger partial charge in [-0.1, -0.05) is 35.5 Å². The lowest BCUT2D eigenvalue weighted by atomic mass is 10.0. The Labute approximate surface area is 151 Å². The maximum Gasteiger partial charge on any atom is 0.287 e. The van der Waals surface area contributed by atoms with Gasteiger partial charge in [-0.15, -0.1) is 0 Å². The molecule has 1 aliphatic rings. The highest BCUT2D eigenvalue weighted by Gasteiger charge is 2.27. The van der Waals surface area contributed by atoms with E-state index in [2.05, 4.69) is 31.9 Å². The molecule has 3 rings (SSSR count). The Morgan fingerprint density at radius 2 is 1.84 bits per heavy atom. The van der Waals surface area contributed by atoms with Crippen molar-refractivity contribution in [1.82, 2.24) is 10.9 Å². The molecule has 0 bridgehead atoms. The number of amides is 2. The number of carbonyl (C=O) groups is 2. The van der Waals surface area contributed by atoms with Crippen molar-refractivity contribution in [3.05, 3.63) is 69.9 Å². The predicted octanol–water partition coefficient (Wildman–Crippen LogP) is 2.87. The van der Waals surface area contributed by atoms with Crippen LogP contribution in [-0.2, 0) is 9.63 Å². The first kappa shape index (κ1) is 17.1. The SMILES string of the molecule is O=C(NNC(=O)c1ccc(F)cc1Br)C1=NOC(c2ccccc2)C1. The third kappa shape index (κ3) is 4.03. The second-order valence-electron chi connectivity index (χ2n) is 5.28. The van der Waals surface area contributed by atoms with Gasteiger partial charge in [0.1, 0.15) is 5.82 Å². The first-order chi connectivity index (χ1) is 12.0. The summed E-state index contributed by atoms with van der Waals surface area (Å²) in [6.45, 7) is 0. The van der Waals surface area contributed by atoms with Crippen molar-refractivity contribution in [3.63, 3.8) is 0 Å². The molecule has 2 aromatic carbocycles. The van der Waals surface area contributed by atoms with Crippen LogP contribution in [0.15, 0.2) is 58.2 Å². The molecule has 25 heavy (non-hydrogen) atoms. The van der Waals surface area contributed by atoms with Crippen molar-refractivity contribution >= 4 is 33.5 Å². The van der Waals surface area contributed by atoms with Crippen LogP contribution in [0.25, 0.3) is 0 Å². The molecule has 1 atom stereocenters. The van der Waals surface area contributed by atoms with Gasteiger partial charge in [0.15, 0.2) is 11.8 Å². The number of nitrogens with zero attached hydrogens (tertiary/aromatic N) is 1. The number of halogens is 2. The molecular weight excluding hydrogens is 393 g/mol. The topological polar surface area (TPSA) is 79.8 Å². The van der Waals surface area contributed by atoms with E-state index in [0.29, 0.717) is 6.42 Å². The molecule has 0 saturated heterocycles. The van der Waals surface area contributed by atoms with Crippen LogP contribution in [0.1, 0.15) is 28.4 Å². The molecule has 0 radical (unpaired) electrons. The summed E-state index contributed by atoms with van der Waals surface area (Å²) < 4.78 is 13.3. The lowest BCUT2D eigenvalue weighted by molar-refractivity contribution is -0.115. The summed E-state index contributed by atoms with van der Waals surface area (Å²) in [6, 6.07) is 13.0. The average Bonchev–Trinajstić information content (AvgIpc) is 3.10. The highest BCUT2D eigenvalue weighted by atomic mass is 79.9. The molecule has 0 saturated carbocycles. The largest absolute Gasteiger partial charge is 0.387 e. The fraction of sp³-hybridized carbons (Fsp3) is 0.118. The van der Waals surface area contributed by atoms with Crippen molar-refractivity contribution in [3.8, 4) is 0 Å². The van der Waals surface area contributed by atoms with Crippen LogP contribution < -0.4 is 10.9 Å². The summed E-state index contributed by atoms with van der Waals surface area (Å²) in [6.07, 6.45) is -0.0321. The zero-order valence-corrected chi connectivity index (χ0v) is 14.4. The molecule has 0 aromatic heterocycles. The van der Waals surface area contributed by atoms with Crippen molar-refractivity contribution in [2.24, 2.45) is 5.16 Å². The van der Waals surface area contributed by atoms with Gasteiger partial charge in [0.05, 0.1) is 5.56 Å². The van der Waals surface area contributed by atoms with E-state index in [1.54, 1.807) is 0 Å². The van der Waals surface area contributed by atoms with Crippen LogP contribution in [-0.4, -0.2) is 17.5 Å². The van der Waals surface area contributed by atoms with E-state index < -0.39 is 17.6 Å². The minimum absolute atomic E-state index is 0.173. The lowest BCUT2D eigenvalue weighted by Crippen LogP contribution is -2.44. The normalized spacial score (nSPS) is 15.9. The van der Waals surface area contributed by atoms with Gasteiger partial charge >= 0.3 is 0 Å². The van der Waals surface area contributed by atoms with Crippen molar-refractivity contribution in [2.75, 3.05) is 0 Å². The highest BCUT2D eigenvalue weighted by molar-refractivity contribution is 9.10. The summed E-state index contributed by atoms with van der Waals surface area (Å²) in [4.78, 5) is 29.4. The van der Waals surface area contributed by atoms with Gasteiger partial charge in [0.2, 0.25) is 0 Å². The monoisotopic (exact) mass is 405 g/mol. The minimum Gasteiger partial charge on any atom is -0.387 e. The van der Waals surface area contributed by atoms with E-state index in [1.165, 1.54) is 6.07 Å². The highest BCUT2D eigenvalue weighted by Crippen LogP contribution is 2.26. The minimum atomic E-state index is -0.584. The molecule has 2 N–H and O–H groups in total. The zero-order valence-electron chi connectivity index (χ0n) is 12.8. The van der Waals surface area contributed by atoms with Gasteiger partial charge in [-0.2, -0.15) is 0 Å². The zero-order chi connectivity index (χ0) is 17.8. The van der Waals surface area contributed by atoms with E-state index in [9.17, 15) is 14.0 Å². The molecule has 128 valence electrons. The summed E-state index contributed by atoms with van der Waals surface area (Å²) in [5, 5.41) is 3.77. The number of hydrogen-bond donors (Lipinski definition) is 2. The summed E-state index contributed by atoms with van der Waals surface area (Å²) in [7, 11) is 0. The molecule has 0 spiro atoms. The maximum absolute atomic E-state index is 13.0. The van der Waals surface area contributed by atoms with E-state index in [1.807, 2.05) is 30.3 Å². The number of rotatable bonds is 3. The van der Waals surface area contributed by atoms with Gasteiger partial charge in [-0.25, -0.2) is 4.39 Å². The number of hydrogen-bond acceptors (Lipinski definition) is 4. The summed E-state index contributed by atoms with van der Waals surface area (Å²) in [5.41, 5.74) is 5.81. The van der Waals surface area contributed by atoms with Crippen LogP contribution in [0.4, 0.5) is 4.39 Å². The molecule has 1 aliphatic heterocycles. The molecule has 1 heterocycles. The van der Waals surface area contributed by atoms with Gasteiger partial charge in [-0.3, -0.25) is 20.4 Å². The van der Waals surface area contributed by atoms with E-state index in [-0.39, 0.29) is 21.9 Å². The Morgan fingerprint density at radius 3 is 2.56 bits per heavy atom. The van der Waals surface area contributed by atoms with E-state index in [0.717, 1.165) is 17.7 Å². The third-order valence-electron chi connectivity index (χ3n) is 3.57. The Hall–Kier alpha value is -2.74. The molecule has 0 fully saturated rings. The fourth-order valence-electron chi connectivity index (χ4n) is 2.28. The first-order valence-electron chi connectivity index (χ1n) is 7.38. The standard InChI is InChI=1S/C17H13BrFN3O3/c18-13-8-11(19)6-7-12(13)16(23)20-21-17(24)14-9-15(25-22-14)10-4-2-1-3-5-10/h1-8,15H,9H2,(H,20,23)(H,21,24). The van der Waals surface area contributed by atoms with Crippen molar-refractivity contribution < 1.29 is 18.8 Å². The van der Waals surface area contributed by atoms with E-state index >= 15 is 0 Å². The quantitative estimate of drug-likeness (QED) is 0.770. The Bertz CT molecular complexity index is 842. The Morgan fingerprint density at radius 1 is 1.12 bits per heavy atom. The number of benzene rings is 2. The van der Waals surface area contributed by atoms with Crippen molar-refractivity contribution in [2.45, 2.75) is 12.5 Å². The Balaban J connectivity index is 1.55. The molecule has 0 aliphatic carbocycles. The number of oxime groups is 1. The molecule has 2 amide bonds. The van der Waals surface area contributed by atoms with Crippen LogP contribution in [0.5, 0.6) is 0 Å². The van der Waals surface area contributed by atoms with Crippen LogP contribution >= 0.6 is 15.9 Å². The molecule has 2 aromatic rings. The maximum atomic E-state index is 13.0. The lowest BCUT2D eigenvalue weighted by Gasteiger charge is -2.09. The van der Waals surface area contributed by atoms with Crippen molar-refractivity contribution in [1.29, 1.82) is 0 Å². The second-order valence-corrected chi connectivity index (χ2v) is 6.13. The fourth-order valence-corrected chi connectivity index (χ4v) is 2.82. The number of hydrazine groups is 1. The molecular formula is C17H13BrFN3O3. The van der Waals surface area contributed by atoms with Gasteiger partial charge in [-0.05, 0) is 39.7 Å². The second kappa shape index (κ2) is 7.43. The molecule has 1 unspecified atom stereocenters. The van der Waals surface area contributed by atoms with E-state index in [4.69, 9.17) is 4.84 Å². The van der Waals surface area contributed by atoms with Gasteiger partial charge in [0, 0.05) is 10.9 Å². The van der Waals surface area contributed by atoms with Gasteiger partial charge < -0.3 is 4.84 Å². The smallest absolute Gasteiger partial charge is 0.287 e. The average molecular weight is 406 g/mol. The van der Waals surface area contributed by atoms with Gasteiger partial charge in [0.25, 0.3) is 11.8 Å². The van der Waals surface area contributed by atoms with Crippen LogP contribution in [0, 0.1) is 5.82 Å². The Kier molecular flexibility index (Phi) is 5.08. The number of nitrogens with one attached hydrogen (secondary N) is 2. The van der Waals surface area contributed by atoms with Crippen LogP contribution in [0.3, 0.4) is 0 Å². The summed E-state index contributed by atoms with van der Waals surface area (Å²) >= 11 is 3.10. The predicted molar refractivity (Wildman–Crippen MR) is 92.0 cm³/mol. The third-order valence-corrected chi connectivity index (χ3v) is 4.22.